The fourth-order valence-electron chi connectivity index (χ4n) is 3.01. The van der Waals surface area contributed by atoms with Gasteiger partial charge in [-0.25, -0.2) is 0 Å². The first-order valence-electron chi connectivity index (χ1n) is 8.64. The van der Waals surface area contributed by atoms with Gasteiger partial charge in [0.2, 0.25) is 0 Å². The molecular weight excluding hydrogens is 322 g/mol. The molecule has 0 aliphatic carbocycles. The van der Waals surface area contributed by atoms with Crippen LogP contribution < -0.4 is 10.1 Å². The molecule has 3 heteroatoms. The molecule has 0 saturated carbocycles. The number of anilines is 1. The Morgan fingerprint density at radius 2 is 1.35 bits per heavy atom. The number of fused-ring (bicyclic) bond motifs is 2. The average Bonchev–Trinajstić information content (AvgIpc) is 2.67. The molecule has 4 aromatic carbocycles. The van der Waals surface area contributed by atoms with Gasteiger partial charge in [0.15, 0.2) is 6.10 Å². The number of carbonyl (C=O) groups is 1. The minimum Gasteiger partial charge on any atom is -0.481 e. The third-order valence-corrected chi connectivity index (χ3v) is 4.42. The predicted molar refractivity (Wildman–Crippen MR) is 107 cm³/mol. The largest absolute Gasteiger partial charge is 0.481 e. The van der Waals surface area contributed by atoms with E-state index in [2.05, 4.69) is 11.4 Å². The Kier molecular flexibility index (Phi) is 4.28. The number of benzene rings is 4. The molecule has 0 bridgehead atoms. The average molecular weight is 341 g/mol. The monoisotopic (exact) mass is 341 g/mol. The van der Waals surface area contributed by atoms with Gasteiger partial charge in [0.1, 0.15) is 5.75 Å². The molecule has 26 heavy (non-hydrogen) atoms. The van der Waals surface area contributed by atoms with E-state index in [0.717, 1.165) is 27.2 Å². The summed E-state index contributed by atoms with van der Waals surface area (Å²) in [6, 6.07) is 27.8. The summed E-state index contributed by atoms with van der Waals surface area (Å²) in [6.07, 6.45) is -0.595. The van der Waals surface area contributed by atoms with Crippen LogP contribution in [0.25, 0.3) is 21.5 Å². The minimum atomic E-state index is -0.595. The van der Waals surface area contributed by atoms with Crippen molar-refractivity contribution in [1.29, 1.82) is 0 Å². The van der Waals surface area contributed by atoms with Crippen molar-refractivity contribution in [2.75, 3.05) is 5.32 Å². The van der Waals surface area contributed by atoms with Crippen LogP contribution in [-0.4, -0.2) is 12.0 Å². The van der Waals surface area contributed by atoms with Gasteiger partial charge in [-0.15, -0.1) is 0 Å². The van der Waals surface area contributed by atoms with Crippen LogP contribution in [0.5, 0.6) is 5.75 Å². The van der Waals surface area contributed by atoms with Crippen LogP contribution in [-0.2, 0) is 4.79 Å². The lowest BCUT2D eigenvalue weighted by atomic mass is 10.1. The number of carbonyl (C=O) groups excluding carboxylic acids is 1. The molecule has 0 unspecified atom stereocenters. The fraction of sp³-hybridized carbons (Fsp3) is 0.0870. The van der Waals surface area contributed by atoms with Crippen LogP contribution in [0.2, 0.25) is 0 Å². The minimum absolute atomic E-state index is 0.173. The molecule has 0 saturated heterocycles. The molecule has 0 aliphatic rings. The maximum Gasteiger partial charge on any atom is 0.265 e. The second-order valence-electron chi connectivity index (χ2n) is 6.32. The van der Waals surface area contributed by atoms with Gasteiger partial charge in [0.05, 0.1) is 0 Å². The molecule has 0 aliphatic heterocycles. The first-order valence-corrected chi connectivity index (χ1v) is 8.64. The van der Waals surface area contributed by atoms with Crippen molar-refractivity contribution in [3.05, 3.63) is 84.9 Å². The van der Waals surface area contributed by atoms with Gasteiger partial charge in [-0.1, -0.05) is 60.7 Å². The molecule has 1 atom stereocenters. The molecular formula is C23H19NO2. The number of nitrogens with one attached hydrogen (secondary N) is 1. The second-order valence-corrected chi connectivity index (χ2v) is 6.32. The number of hydrogen-bond acceptors (Lipinski definition) is 2. The summed E-state index contributed by atoms with van der Waals surface area (Å²) < 4.78 is 5.83. The molecule has 4 rings (SSSR count). The van der Waals surface area contributed by atoms with E-state index in [1.54, 1.807) is 6.92 Å². The van der Waals surface area contributed by atoms with Gasteiger partial charge in [-0.05, 0) is 52.7 Å². The highest BCUT2D eigenvalue weighted by Gasteiger charge is 2.15. The Balaban J connectivity index is 1.47. The van der Waals surface area contributed by atoms with Crippen LogP contribution in [0.15, 0.2) is 84.9 Å². The van der Waals surface area contributed by atoms with Crippen molar-refractivity contribution >= 4 is 33.1 Å². The molecule has 0 radical (unpaired) electrons. The summed E-state index contributed by atoms with van der Waals surface area (Å²) >= 11 is 0. The highest BCUT2D eigenvalue weighted by Crippen LogP contribution is 2.22. The van der Waals surface area contributed by atoms with Crippen molar-refractivity contribution in [1.82, 2.24) is 0 Å². The van der Waals surface area contributed by atoms with Crippen molar-refractivity contribution in [3.8, 4) is 5.75 Å². The highest BCUT2D eigenvalue weighted by molar-refractivity contribution is 5.96. The Hall–Kier alpha value is -3.33. The molecule has 0 heterocycles. The van der Waals surface area contributed by atoms with Crippen molar-refractivity contribution in [2.24, 2.45) is 0 Å². The number of hydrogen-bond donors (Lipinski definition) is 1. The lowest BCUT2D eigenvalue weighted by molar-refractivity contribution is -0.122. The van der Waals surface area contributed by atoms with Gasteiger partial charge in [0, 0.05) is 5.69 Å². The summed E-state index contributed by atoms with van der Waals surface area (Å²) in [4.78, 5) is 12.5. The molecule has 1 amide bonds. The van der Waals surface area contributed by atoms with Crippen molar-refractivity contribution in [3.63, 3.8) is 0 Å². The lowest BCUT2D eigenvalue weighted by Gasteiger charge is -2.15. The SMILES string of the molecule is C[C@H](Oc1ccc2ccccc2c1)C(=O)Nc1ccc2ccccc2c1. The van der Waals surface area contributed by atoms with E-state index >= 15 is 0 Å². The molecule has 0 aromatic heterocycles. The summed E-state index contributed by atoms with van der Waals surface area (Å²) in [5, 5.41) is 7.40. The summed E-state index contributed by atoms with van der Waals surface area (Å²) in [7, 11) is 0. The quantitative estimate of drug-likeness (QED) is 0.540. The first-order chi connectivity index (χ1) is 12.7. The third kappa shape index (κ3) is 3.38. The molecule has 0 spiro atoms. The Bertz CT molecular complexity index is 1090. The van der Waals surface area contributed by atoms with Crippen LogP contribution in [0, 0.1) is 0 Å². The molecule has 0 fully saturated rings. The number of ether oxygens (including phenoxy) is 1. The fourth-order valence-corrected chi connectivity index (χ4v) is 3.01. The van der Waals surface area contributed by atoms with Gasteiger partial charge in [-0.2, -0.15) is 0 Å². The molecule has 1 N–H and O–H groups in total. The van der Waals surface area contributed by atoms with Crippen LogP contribution in [0.4, 0.5) is 5.69 Å². The van der Waals surface area contributed by atoms with Crippen LogP contribution in [0.3, 0.4) is 0 Å². The van der Waals surface area contributed by atoms with Crippen LogP contribution in [0.1, 0.15) is 6.92 Å². The Labute approximate surface area is 152 Å². The predicted octanol–water partition coefficient (Wildman–Crippen LogP) is 5.40. The smallest absolute Gasteiger partial charge is 0.265 e. The van der Waals surface area contributed by atoms with E-state index in [4.69, 9.17) is 4.74 Å². The Morgan fingerprint density at radius 1 is 0.769 bits per heavy atom. The third-order valence-electron chi connectivity index (χ3n) is 4.42. The van der Waals surface area contributed by atoms with Gasteiger partial charge in [-0.3, -0.25) is 4.79 Å². The van der Waals surface area contributed by atoms with Gasteiger partial charge >= 0.3 is 0 Å². The molecule has 128 valence electrons. The summed E-state index contributed by atoms with van der Waals surface area (Å²) in [5.41, 5.74) is 0.766. The molecule has 3 nitrogen and oxygen atoms in total. The van der Waals surface area contributed by atoms with E-state index in [-0.39, 0.29) is 5.91 Å². The standard InChI is InChI=1S/C23H19NO2/c1-16(26-22-13-11-18-7-3-5-9-20(18)15-22)23(25)24-21-12-10-17-6-2-4-8-19(17)14-21/h2-16H,1H3,(H,24,25)/t16-/m0/s1. The maximum absolute atomic E-state index is 12.5. The lowest BCUT2D eigenvalue weighted by Crippen LogP contribution is -2.30. The van der Waals surface area contributed by atoms with E-state index < -0.39 is 6.10 Å². The van der Waals surface area contributed by atoms with Crippen molar-refractivity contribution in [2.45, 2.75) is 13.0 Å². The van der Waals surface area contributed by atoms with Gasteiger partial charge in [0.25, 0.3) is 5.91 Å². The summed E-state index contributed by atoms with van der Waals surface area (Å²) in [6.45, 7) is 1.76. The first kappa shape index (κ1) is 16.2. The Morgan fingerprint density at radius 3 is 2.04 bits per heavy atom. The van der Waals surface area contributed by atoms with E-state index in [0.29, 0.717) is 5.75 Å². The number of amides is 1. The zero-order valence-corrected chi connectivity index (χ0v) is 14.5. The maximum atomic E-state index is 12.5. The zero-order valence-electron chi connectivity index (χ0n) is 14.5. The van der Waals surface area contributed by atoms with Crippen LogP contribution >= 0.6 is 0 Å². The number of rotatable bonds is 4. The highest BCUT2D eigenvalue weighted by atomic mass is 16.5. The topological polar surface area (TPSA) is 38.3 Å². The van der Waals surface area contributed by atoms with E-state index in [1.807, 2.05) is 78.9 Å². The van der Waals surface area contributed by atoms with Crippen molar-refractivity contribution < 1.29 is 9.53 Å². The summed E-state index contributed by atoms with van der Waals surface area (Å²) in [5.74, 6) is 0.512. The second kappa shape index (κ2) is 6.89. The molecule has 4 aromatic rings. The van der Waals surface area contributed by atoms with Gasteiger partial charge < -0.3 is 10.1 Å². The zero-order chi connectivity index (χ0) is 17.9. The normalized spacial score (nSPS) is 12.0. The van der Waals surface area contributed by atoms with E-state index in [1.165, 1.54) is 0 Å². The van der Waals surface area contributed by atoms with E-state index in [9.17, 15) is 4.79 Å².